The first-order chi connectivity index (χ1) is 18.5. The van der Waals surface area contributed by atoms with Crippen molar-refractivity contribution in [3.63, 3.8) is 0 Å². The maximum atomic E-state index is 13.4. The lowest BCUT2D eigenvalue weighted by Gasteiger charge is -2.17. The molecule has 3 aromatic carbocycles. The highest BCUT2D eigenvalue weighted by Gasteiger charge is 2.15. The lowest BCUT2D eigenvalue weighted by Crippen LogP contribution is -2.22. The van der Waals surface area contributed by atoms with Crippen molar-refractivity contribution < 1.29 is 9.47 Å². The Bertz CT molecular complexity index is 1500. The lowest BCUT2D eigenvalue weighted by molar-refractivity contribution is 0.267. The summed E-state index contributed by atoms with van der Waals surface area (Å²) < 4.78 is 14.4. The Balaban J connectivity index is 1.75. The molecular weight excluding hydrogens is 542 g/mol. The van der Waals surface area contributed by atoms with Gasteiger partial charge in [-0.3, -0.25) is 4.79 Å². The molecule has 0 aliphatic rings. The fraction of sp³-hybridized carbons (Fsp3) is 0.258. The minimum atomic E-state index is -0.196. The summed E-state index contributed by atoms with van der Waals surface area (Å²) >= 11 is 3.46. The molecule has 0 unspecified atom stereocenters. The Hall–Kier alpha value is -3.71. The van der Waals surface area contributed by atoms with Gasteiger partial charge in [-0.15, -0.1) is 6.58 Å². The van der Waals surface area contributed by atoms with Crippen molar-refractivity contribution in [1.82, 2.24) is 9.66 Å². The number of unbranched alkanes of at least 4 members (excludes halogenated alkanes) is 1. The van der Waals surface area contributed by atoms with Crippen molar-refractivity contribution in [3.05, 3.63) is 111 Å². The normalized spacial score (nSPS) is 11.2. The van der Waals surface area contributed by atoms with Gasteiger partial charge in [-0.1, -0.05) is 65.7 Å². The highest BCUT2D eigenvalue weighted by Crippen LogP contribution is 2.34. The van der Waals surface area contributed by atoms with E-state index in [1.807, 2.05) is 67.6 Å². The minimum Gasteiger partial charge on any atom is -0.490 e. The van der Waals surface area contributed by atoms with Gasteiger partial charge in [0.1, 0.15) is 12.4 Å². The molecule has 0 radical (unpaired) electrons. The van der Waals surface area contributed by atoms with Crippen LogP contribution in [-0.2, 0) is 19.4 Å². The predicted octanol–water partition coefficient (Wildman–Crippen LogP) is 7.09. The molecule has 0 fully saturated rings. The van der Waals surface area contributed by atoms with E-state index in [4.69, 9.17) is 14.5 Å². The first-order valence-electron chi connectivity index (χ1n) is 12.9. The van der Waals surface area contributed by atoms with Crippen LogP contribution in [0.5, 0.6) is 11.5 Å². The topological polar surface area (TPSA) is 65.7 Å². The van der Waals surface area contributed by atoms with Gasteiger partial charge in [-0.25, -0.2) is 4.98 Å². The van der Waals surface area contributed by atoms with E-state index in [0.717, 1.165) is 34.0 Å². The molecule has 0 aliphatic carbocycles. The fourth-order valence-corrected chi connectivity index (χ4v) is 4.52. The number of nitrogens with zero attached hydrogens (tertiary/aromatic N) is 3. The van der Waals surface area contributed by atoms with E-state index in [0.29, 0.717) is 54.3 Å². The molecule has 4 aromatic rings. The summed E-state index contributed by atoms with van der Waals surface area (Å²) in [5.74, 6) is 1.95. The zero-order valence-electron chi connectivity index (χ0n) is 21.8. The van der Waals surface area contributed by atoms with E-state index in [2.05, 4.69) is 34.5 Å². The van der Waals surface area contributed by atoms with E-state index >= 15 is 0 Å². The molecule has 0 spiro atoms. The molecule has 0 saturated heterocycles. The smallest absolute Gasteiger partial charge is 0.282 e. The average molecular weight is 575 g/mol. The average Bonchev–Trinajstić information content (AvgIpc) is 2.92. The molecule has 4 rings (SSSR count). The van der Waals surface area contributed by atoms with Gasteiger partial charge in [0.15, 0.2) is 11.5 Å². The van der Waals surface area contributed by atoms with Gasteiger partial charge in [0.2, 0.25) is 0 Å². The number of allylic oxidation sites excluding steroid dienone is 1. The van der Waals surface area contributed by atoms with Gasteiger partial charge < -0.3 is 9.47 Å². The molecule has 6 nitrogen and oxygen atoms in total. The molecule has 0 bridgehead atoms. The number of fused-ring (bicyclic) bond motifs is 1. The largest absolute Gasteiger partial charge is 0.490 e. The number of hydrogen-bond acceptors (Lipinski definition) is 5. The van der Waals surface area contributed by atoms with Gasteiger partial charge in [0, 0.05) is 16.5 Å². The quantitative estimate of drug-likeness (QED) is 0.134. The van der Waals surface area contributed by atoms with Crippen LogP contribution in [0.1, 0.15) is 49.2 Å². The number of ether oxygens (including phenoxy) is 2. The molecule has 7 heteroatoms. The van der Waals surface area contributed by atoms with Gasteiger partial charge in [-0.05, 0) is 61.2 Å². The van der Waals surface area contributed by atoms with Crippen LogP contribution in [0.3, 0.4) is 0 Å². The van der Waals surface area contributed by atoms with Crippen molar-refractivity contribution in [2.45, 2.75) is 46.1 Å². The third-order valence-corrected chi connectivity index (χ3v) is 6.49. The number of aryl methyl sites for hydroxylation is 1. The Morgan fingerprint density at radius 2 is 1.89 bits per heavy atom. The third kappa shape index (κ3) is 6.58. The molecule has 0 saturated carbocycles. The first-order valence-corrected chi connectivity index (χ1v) is 13.7. The maximum absolute atomic E-state index is 13.4. The highest BCUT2D eigenvalue weighted by atomic mass is 79.9. The van der Waals surface area contributed by atoms with Gasteiger partial charge in [0.25, 0.3) is 5.56 Å². The molecule has 0 atom stereocenters. The van der Waals surface area contributed by atoms with Crippen LogP contribution in [0.25, 0.3) is 10.9 Å². The molecule has 0 N–H and O–H groups in total. The van der Waals surface area contributed by atoms with E-state index < -0.39 is 0 Å². The van der Waals surface area contributed by atoms with Crippen molar-refractivity contribution >= 4 is 33.0 Å². The van der Waals surface area contributed by atoms with E-state index in [-0.39, 0.29) is 5.56 Å². The van der Waals surface area contributed by atoms with E-state index in [1.54, 1.807) is 12.3 Å². The summed E-state index contributed by atoms with van der Waals surface area (Å²) in [6, 6.07) is 19.4. The zero-order chi connectivity index (χ0) is 26.9. The van der Waals surface area contributed by atoms with Crippen LogP contribution in [0, 0.1) is 0 Å². The fourth-order valence-electron chi connectivity index (χ4n) is 4.16. The second kappa shape index (κ2) is 13.2. The Kier molecular flexibility index (Phi) is 9.49. The van der Waals surface area contributed by atoms with E-state index in [9.17, 15) is 4.79 Å². The van der Waals surface area contributed by atoms with Crippen LogP contribution < -0.4 is 15.0 Å². The molecule has 196 valence electrons. The third-order valence-electron chi connectivity index (χ3n) is 6.00. The van der Waals surface area contributed by atoms with Crippen LogP contribution in [-0.4, -0.2) is 22.5 Å². The summed E-state index contributed by atoms with van der Waals surface area (Å²) in [4.78, 5) is 18.2. The number of rotatable bonds is 12. The Labute approximate surface area is 231 Å². The molecule has 1 heterocycles. The van der Waals surface area contributed by atoms with Crippen molar-refractivity contribution in [2.75, 3.05) is 6.61 Å². The number of halogens is 1. The Morgan fingerprint density at radius 1 is 1.08 bits per heavy atom. The summed E-state index contributed by atoms with van der Waals surface area (Å²) in [6.07, 6.45) is 6.67. The van der Waals surface area contributed by atoms with Gasteiger partial charge in [0.05, 0.1) is 23.7 Å². The zero-order valence-corrected chi connectivity index (χ0v) is 23.4. The maximum Gasteiger partial charge on any atom is 0.282 e. The SMILES string of the molecule is C=CCc1cc(C=Nn2c(CCCC)nc3ccc(Br)cc3c2=O)cc(OCC)c1OCc1ccccc1. The van der Waals surface area contributed by atoms with E-state index in [1.165, 1.54) is 4.68 Å². The van der Waals surface area contributed by atoms with Crippen LogP contribution in [0.4, 0.5) is 0 Å². The van der Waals surface area contributed by atoms with Crippen molar-refractivity contribution in [1.29, 1.82) is 0 Å². The summed E-state index contributed by atoms with van der Waals surface area (Å²) in [5.41, 5.74) is 3.27. The molecule has 0 amide bonds. The molecular formula is C31H32BrN3O3. The van der Waals surface area contributed by atoms with Crippen LogP contribution in [0.15, 0.2) is 87.7 Å². The summed E-state index contributed by atoms with van der Waals surface area (Å²) in [5, 5.41) is 5.13. The Morgan fingerprint density at radius 3 is 2.63 bits per heavy atom. The minimum absolute atomic E-state index is 0.196. The highest BCUT2D eigenvalue weighted by molar-refractivity contribution is 9.10. The second-order valence-electron chi connectivity index (χ2n) is 8.86. The molecule has 1 aromatic heterocycles. The number of benzene rings is 3. The first kappa shape index (κ1) is 27.3. The predicted molar refractivity (Wildman–Crippen MR) is 158 cm³/mol. The molecule has 0 aliphatic heterocycles. The standard InChI is InChI=1S/C31H32BrN3O3/c1-4-7-14-29-34-27-16-15-25(32)19-26(27)31(36)35(29)33-20-23-17-24(11-5-2)30(28(18-23)37-6-3)38-21-22-12-9-8-10-13-22/h5,8-10,12-13,15-20H,2,4,6-7,11,14,21H2,1,3H3. The summed E-state index contributed by atoms with van der Waals surface area (Å²) in [6.45, 7) is 8.87. The molecule has 38 heavy (non-hydrogen) atoms. The summed E-state index contributed by atoms with van der Waals surface area (Å²) in [7, 11) is 0. The van der Waals surface area contributed by atoms with Gasteiger partial charge >= 0.3 is 0 Å². The number of hydrogen-bond donors (Lipinski definition) is 0. The second-order valence-corrected chi connectivity index (χ2v) is 9.78. The number of aromatic nitrogens is 2. The van der Waals surface area contributed by atoms with Crippen molar-refractivity contribution in [2.24, 2.45) is 5.10 Å². The van der Waals surface area contributed by atoms with Crippen LogP contribution in [0.2, 0.25) is 0 Å². The van der Waals surface area contributed by atoms with Gasteiger partial charge in [-0.2, -0.15) is 9.78 Å². The monoisotopic (exact) mass is 573 g/mol. The van der Waals surface area contributed by atoms with Crippen molar-refractivity contribution in [3.8, 4) is 11.5 Å². The lowest BCUT2D eigenvalue weighted by atomic mass is 10.1. The van der Waals surface area contributed by atoms with Crippen LogP contribution >= 0.6 is 15.9 Å².